The van der Waals surface area contributed by atoms with Gasteiger partial charge in [0, 0.05) is 52.0 Å². The van der Waals surface area contributed by atoms with Gasteiger partial charge in [0.25, 0.3) is 5.91 Å². The third-order valence-corrected chi connectivity index (χ3v) is 8.15. The van der Waals surface area contributed by atoms with E-state index in [9.17, 15) is 9.59 Å². The molecule has 3 aliphatic rings. The summed E-state index contributed by atoms with van der Waals surface area (Å²) in [6, 6.07) is 6.41. The number of halogens is 1. The quantitative estimate of drug-likeness (QED) is 0.534. The van der Waals surface area contributed by atoms with Crippen molar-refractivity contribution in [3.63, 3.8) is 0 Å². The molecule has 188 valence electrons. The summed E-state index contributed by atoms with van der Waals surface area (Å²) in [7, 11) is 3.44. The molecule has 1 aromatic rings. The van der Waals surface area contributed by atoms with Crippen LogP contribution in [0, 0.1) is 5.41 Å². The van der Waals surface area contributed by atoms with Crippen LogP contribution in [0.25, 0.3) is 0 Å². The minimum atomic E-state index is -0.386. The molecule has 2 saturated heterocycles. The number of likely N-dealkylation sites (tertiary alicyclic amines) is 2. The molecule has 1 aliphatic carbocycles. The van der Waals surface area contributed by atoms with E-state index in [1.165, 1.54) is 4.90 Å². The van der Waals surface area contributed by atoms with Gasteiger partial charge in [-0.05, 0) is 49.5 Å². The average molecular weight is 497 g/mol. The fourth-order valence-electron chi connectivity index (χ4n) is 5.60. The zero-order valence-corrected chi connectivity index (χ0v) is 21.7. The minimum absolute atomic E-state index is 0.0955. The number of nitrogens with one attached hydrogen (secondary N) is 1. The van der Waals surface area contributed by atoms with Crippen molar-refractivity contribution in [2.45, 2.75) is 44.2 Å². The summed E-state index contributed by atoms with van der Waals surface area (Å²) in [4.78, 5) is 31.8. The van der Waals surface area contributed by atoms with Gasteiger partial charge < -0.3 is 15.1 Å². The predicted molar refractivity (Wildman–Crippen MR) is 143 cm³/mol. The van der Waals surface area contributed by atoms with Crippen molar-refractivity contribution >= 4 is 29.1 Å². The predicted octanol–water partition coefficient (Wildman–Crippen LogP) is 4.60. The van der Waals surface area contributed by atoms with Crippen molar-refractivity contribution in [2.75, 3.05) is 45.6 Å². The third-order valence-electron chi connectivity index (χ3n) is 7.84. The van der Waals surface area contributed by atoms with Gasteiger partial charge in [0.05, 0.1) is 22.0 Å². The molecule has 0 bridgehead atoms. The Balaban J connectivity index is 1.26. The Kier molecular flexibility index (Phi) is 7.72. The molecule has 0 aromatic heterocycles. The number of hydrogen-bond acceptors (Lipinski definition) is 4. The summed E-state index contributed by atoms with van der Waals surface area (Å²) in [5.74, 6) is 0.174. The van der Waals surface area contributed by atoms with Crippen molar-refractivity contribution in [1.82, 2.24) is 14.7 Å². The van der Waals surface area contributed by atoms with E-state index in [0.29, 0.717) is 22.7 Å². The first-order chi connectivity index (χ1) is 16.8. The van der Waals surface area contributed by atoms with E-state index in [0.717, 1.165) is 69.5 Å². The lowest BCUT2D eigenvalue weighted by atomic mass is 9.62. The summed E-state index contributed by atoms with van der Waals surface area (Å²) in [5.41, 5.74) is 2.08. The van der Waals surface area contributed by atoms with Gasteiger partial charge in [-0.3, -0.25) is 14.5 Å². The van der Waals surface area contributed by atoms with Gasteiger partial charge in [0.2, 0.25) is 5.91 Å². The topological polar surface area (TPSA) is 55.9 Å². The van der Waals surface area contributed by atoms with E-state index in [4.69, 9.17) is 11.6 Å². The van der Waals surface area contributed by atoms with E-state index in [-0.39, 0.29) is 17.2 Å². The van der Waals surface area contributed by atoms with Crippen molar-refractivity contribution < 1.29 is 9.59 Å². The molecule has 7 heteroatoms. The van der Waals surface area contributed by atoms with Crippen LogP contribution in [0.5, 0.6) is 0 Å². The highest BCUT2D eigenvalue weighted by Crippen LogP contribution is 2.49. The number of nitrogens with zero attached hydrogens (tertiary/aromatic N) is 3. The third kappa shape index (κ3) is 5.05. The van der Waals surface area contributed by atoms with Gasteiger partial charge in [-0.2, -0.15) is 0 Å². The smallest absolute Gasteiger partial charge is 0.254 e. The Hall–Kier alpha value is -2.57. The van der Waals surface area contributed by atoms with E-state index in [2.05, 4.69) is 28.3 Å². The van der Waals surface area contributed by atoms with E-state index in [1.54, 1.807) is 26.2 Å². The van der Waals surface area contributed by atoms with Crippen LogP contribution in [0.2, 0.25) is 5.02 Å². The normalized spacial score (nSPS) is 21.0. The number of rotatable bonds is 8. The van der Waals surface area contributed by atoms with Crippen LogP contribution in [0.3, 0.4) is 0 Å². The number of anilines is 1. The van der Waals surface area contributed by atoms with Crippen LogP contribution in [0.1, 0.15) is 42.5 Å². The van der Waals surface area contributed by atoms with Gasteiger partial charge in [0.15, 0.2) is 0 Å². The monoisotopic (exact) mass is 496 g/mol. The molecule has 6 nitrogen and oxygen atoms in total. The van der Waals surface area contributed by atoms with Crippen LogP contribution in [-0.4, -0.2) is 78.9 Å². The van der Waals surface area contributed by atoms with Crippen LogP contribution < -0.4 is 5.32 Å². The Morgan fingerprint density at radius 2 is 1.86 bits per heavy atom. The van der Waals surface area contributed by atoms with Crippen LogP contribution in [0.15, 0.2) is 55.2 Å². The van der Waals surface area contributed by atoms with Crippen LogP contribution in [0.4, 0.5) is 5.69 Å². The van der Waals surface area contributed by atoms with E-state index in [1.807, 2.05) is 24.3 Å². The lowest BCUT2D eigenvalue weighted by Gasteiger charge is -2.50. The van der Waals surface area contributed by atoms with Crippen LogP contribution in [-0.2, 0) is 4.79 Å². The molecule has 0 radical (unpaired) electrons. The lowest BCUT2D eigenvalue weighted by molar-refractivity contribution is -0.146. The maximum Gasteiger partial charge on any atom is 0.254 e. The molecule has 0 unspecified atom stereocenters. The van der Waals surface area contributed by atoms with Gasteiger partial charge in [0.1, 0.15) is 0 Å². The molecule has 0 atom stereocenters. The molecule has 0 spiro atoms. The molecule has 2 aliphatic heterocycles. The van der Waals surface area contributed by atoms with Crippen molar-refractivity contribution in [2.24, 2.45) is 5.41 Å². The van der Waals surface area contributed by atoms with Crippen molar-refractivity contribution in [1.29, 1.82) is 0 Å². The second-order valence-corrected chi connectivity index (χ2v) is 10.6. The lowest BCUT2D eigenvalue weighted by Crippen LogP contribution is -2.61. The number of hydrogen-bond donors (Lipinski definition) is 1. The molecule has 1 N–H and O–H groups in total. The molecule has 3 fully saturated rings. The number of amides is 2. The first-order valence-corrected chi connectivity index (χ1v) is 12.9. The fourth-order valence-corrected chi connectivity index (χ4v) is 5.86. The Morgan fingerprint density at radius 1 is 1.17 bits per heavy atom. The van der Waals surface area contributed by atoms with Gasteiger partial charge >= 0.3 is 0 Å². The standard InChI is InChI=1S/C28H37ClN4O2/c1-5-8-20(6-2)28(13-7-14-28)27(35)32-15-11-23(12-16-32)33-18-22(19-33)30-21-9-10-24(25(29)17-21)26(34)31(3)4/h5-6,8-10,17,22-23,30H,1-2,7,11-16,18-19H2,3-4H3/b20-8+. The van der Waals surface area contributed by atoms with Gasteiger partial charge in [-0.1, -0.05) is 49.4 Å². The van der Waals surface area contributed by atoms with Crippen LogP contribution >= 0.6 is 11.6 Å². The zero-order chi connectivity index (χ0) is 25.2. The molecular weight excluding hydrogens is 460 g/mol. The van der Waals surface area contributed by atoms with Gasteiger partial charge in [-0.15, -0.1) is 0 Å². The first kappa shape index (κ1) is 25.5. The second-order valence-electron chi connectivity index (χ2n) is 10.2. The number of allylic oxidation sites excluding steroid dienone is 3. The maximum absolute atomic E-state index is 13.5. The number of piperidine rings is 1. The number of benzene rings is 1. The Morgan fingerprint density at radius 3 is 2.37 bits per heavy atom. The zero-order valence-electron chi connectivity index (χ0n) is 20.9. The Labute approximate surface area is 214 Å². The average Bonchev–Trinajstić information content (AvgIpc) is 2.79. The summed E-state index contributed by atoms with van der Waals surface area (Å²) in [6.45, 7) is 11.3. The molecule has 2 amide bonds. The van der Waals surface area contributed by atoms with Gasteiger partial charge in [-0.25, -0.2) is 0 Å². The number of carbonyl (C=O) groups excluding carboxylic acids is 2. The summed E-state index contributed by atoms with van der Waals surface area (Å²) < 4.78 is 0. The summed E-state index contributed by atoms with van der Waals surface area (Å²) in [5, 5.41) is 4.00. The van der Waals surface area contributed by atoms with Crippen molar-refractivity contribution in [3.05, 3.63) is 65.7 Å². The molecule has 35 heavy (non-hydrogen) atoms. The molecule has 1 aromatic carbocycles. The minimum Gasteiger partial charge on any atom is -0.380 e. The first-order valence-electron chi connectivity index (χ1n) is 12.6. The highest BCUT2D eigenvalue weighted by atomic mass is 35.5. The Bertz CT molecular complexity index is 1020. The fraction of sp³-hybridized carbons (Fsp3) is 0.500. The largest absolute Gasteiger partial charge is 0.380 e. The maximum atomic E-state index is 13.5. The van der Waals surface area contributed by atoms with Crippen molar-refractivity contribution in [3.8, 4) is 0 Å². The molecule has 2 heterocycles. The number of carbonyl (C=O) groups is 2. The molecule has 4 rings (SSSR count). The molecule has 1 saturated carbocycles. The summed E-state index contributed by atoms with van der Waals surface area (Å²) >= 11 is 6.35. The highest BCUT2D eigenvalue weighted by molar-refractivity contribution is 6.34. The molecular formula is C28H37ClN4O2. The SMILES string of the molecule is C=C/C=C(\C=C)C1(C(=O)N2CCC(N3CC(Nc4ccc(C(=O)N(C)C)c(Cl)c4)C3)CC2)CCC1. The summed E-state index contributed by atoms with van der Waals surface area (Å²) in [6.07, 6.45) is 10.5. The highest BCUT2D eigenvalue weighted by Gasteiger charge is 2.48. The van der Waals surface area contributed by atoms with E-state index >= 15 is 0 Å². The second kappa shape index (κ2) is 10.6. The van der Waals surface area contributed by atoms with E-state index < -0.39 is 0 Å².